The molecule has 0 aliphatic carbocycles. The fraction of sp³-hybridized carbons (Fsp3) is 0.227. The van der Waals surface area contributed by atoms with Gasteiger partial charge in [-0.25, -0.2) is 4.39 Å². The Morgan fingerprint density at radius 3 is 2.50 bits per heavy atom. The highest BCUT2D eigenvalue weighted by Crippen LogP contribution is 2.29. The lowest BCUT2D eigenvalue weighted by Gasteiger charge is -2.20. The highest BCUT2D eigenvalue weighted by molar-refractivity contribution is 7.98. The van der Waals surface area contributed by atoms with Gasteiger partial charge in [-0.3, -0.25) is 9.47 Å². The van der Waals surface area contributed by atoms with Gasteiger partial charge in [0.25, 0.3) is 0 Å². The van der Waals surface area contributed by atoms with E-state index in [4.69, 9.17) is 4.52 Å². The van der Waals surface area contributed by atoms with Crippen LogP contribution in [0.1, 0.15) is 24.5 Å². The molecule has 2 heterocycles. The second kappa shape index (κ2) is 8.81. The zero-order valence-electron chi connectivity index (χ0n) is 17.0. The smallest absolute Gasteiger partial charge is 0.196 e. The number of benzene rings is 2. The zero-order valence-corrected chi connectivity index (χ0v) is 17.8. The molecule has 0 saturated carbocycles. The summed E-state index contributed by atoms with van der Waals surface area (Å²) in [5.41, 5.74) is 2.62. The molecule has 2 aromatic heterocycles. The molecular weight excluding hydrogens is 401 g/mol. The van der Waals surface area contributed by atoms with E-state index >= 15 is 0 Å². The van der Waals surface area contributed by atoms with Gasteiger partial charge in [-0.05, 0) is 45.3 Å². The molecule has 0 spiro atoms. The quantitative estimate of drug-likeness (QED) is 0.391. The van der Waals surface area contributed by atoms with E-state index in [9.17, 15) is 4.39 Å². The summed E-state index contributed by atoms with van der Waals surface area (Å²) >= 11 is 1.51. The van der Waals surface area contributed by atoms with E-state index in [-0.39, 0.29) is 11.9 Å². The SMILES string of the molecule is CC(c1nnc(SCc2cc(-c3ccccc3)on2)n1-c1ccc(F)cc1)N(C)C. The van der Waals surface area contributed by atoms with Gasteiger partial charge in [0.15, 0.2) is 16.7 Å². The van der Waals surface area contributed by atoms with Crippen molar-refractivity contribution in [1.29, 1.82) is 0 Å². The first kappa shape index (κ1) is 20.3. The Hall–Kier alpha value is -2.97. The van der Waals surface area contributed by atoms with Gasteiger partial charge in [-0.1, -0.05) is 47.3 Å². The molecule has 0 N–H and O–H groups in total. The maximum absolute atomic E-state index is 13.5. The van der Waals surface area contributed by atoms with E-state index in [0.29, 0.717) is 5.75 Å². The molecule has 1 unspecified atom stereocenters. The van der Waals surface area contributed by atoms with Crippen LogP contribution in [-0.4, -0.2) is 38.9 Å². The summed E-state index contributed by atoms with van der Waals surface area (Å²) in [6, 6.07) is 18.2. The van der Waals surface area contributed by atoms with Gasteiger partial charge >= 0.3 is 0 Å². The average Bonchev–Trinajstić information content (AvgIpc) is 3.40. The first-order valence-corrected chi connectivity index (χ1v) is 10.5. The molecule has 4 aromatic rings. The van der Waals surface area contributed by atoms with Crippen LogP contribution >= 0.6 is 11.8 Å². The number of halogens is 1. The van der Waals surface area contributed by atoms with E-state index in [1.165, 1.54) is 23.9 Å². The average molecular weight is 424 g/mol. The molecule has 0 aliphatic heterocycles. The fourth-order valence-corrected chi connectivity index (χ4v) is 3.81. The van der Waals surface area contributed by atoms with Crippen LogP contribution in [0, 0.1) is 5.82 Å². The Kier molecular flexibility index (Phi) is 5.96. The maximum Gasteiger partial charge on any atom is 0.196 e. The minimum absolute atomic E-state index is 0.0358. The fourth-order valence-electron chi connectivity index (χ4n) is 2.97. The molecule has 8 heteroatoms. The predicted octanol–water partition coefficient (Wildman–Crippen LogP) is 4.98. The number of hydrogen-bond acceptors (Lipinski definition) is 6. The Bertz CT molecular complexity index is 1110. The van der Waals surface area contributed by atoms with Crippen molar-refractivity contribution in [1.82, 2.24) is 24.8 Å². The summed E-state index contributed by atoms with van der Waals surface area (Å²) in [6.07, 6.45) is 0. The summed E-state index contributed by atoms with van der Waals surface area (Å²) in [5.74, 6) is 1.82. The van der Waals surface area contributed by atoms with Crippen LogP contribution in [0.2, 0.25) is 0 Å². The minimum Gasteiger partial charge on any atom is -0.356 e. The Balaban J connectivity index is 1.60. The standard InChI is InChI=1S/C22H22FN5OS/c1-15(27(2)3)21-24-25-22(28(21)19-11-9-17(23)10-12-19)30-14-18-13-20(29-26-18)16-7-5-4-6-8-16/h4-13,15H,14H2,1-3H3. The third-order valence-corrected chi connectivity index (χ3v) is 5.82. The van der Waals surface area contributed by atoms with E-state index in [2.05, 4.69) is 27.2 Å². The molecule has 0 saturated heterocycles. The lowest BCUT2D eigenvalue weighted by molar-refractivity contribution is 0.305. The Morgan fingerprint density at radius 1 is 1.07 bits per heavy atom. The van der Waals surface area contributed by atoms with Gasteiger partial charge in [0.2, 0.25) is 0 Å². The molecule has 154 valence electrons. The van der Waals surface area contributed by atoms with Crippen LogP contribution in [0.25, 0.3) is 17.0 Å². The number of aromatic nitrogens is 4. The van der Waals surface area contributed by atoms with Crippen LogP contribution < -0.4 is 0 Å². The van der Waals surface area contributed by atoms with Gasteiger partial charge in [0.05, 0.1) is 11.7 Å². The van der Waals surface area contributed by atoms with Gasteiger partial charge in [-0.15, -0.1) is 10.2 Å². The molecule has 0 radical (unpaired) electrons. The van der Waals surface area contributed by atoms with Gasteiger partial charge in [0.1, 0.15) is 5.82 Å². The van der Waals surface area contributed by atoms with Crippen LogP contribution in [0.4, 0.5) is 4.39 Å². The molecule has 30 heavy (non-hydrogen) atoms. The number of thioether (sulfide) groups is 1. The molecule has 0 fully saturated rings. The van der Waals surface area contributed by atoms with Crippen molar-refractivity contribution in [3.8, 4) is 17.0 Å². The lowest BCUT2D eigenvalue weighted by Crippen LogP contribution is -2.20. The molecule has 0 bridgehead atoms. The Labute approximate surface area is 178 Å². The monoisotopic (exact) mass is 423 g/mol. The van der Waals surface area contributed by atoms with Crippen LogP contribution in [0.5, 0.6) is 0 Å². The van der Waals surface area contributed by atoms with E-state index in [1.54, 1.807) is 12.1 Å². The summed E-state index contributed by atoms with van der Waals surface area (Å²) in [6.45, 7) is 2.06. The topological polar surface area (TPSA) is 60.0 Å². The van der Waals surface area contributed by atoms with Gasteiger partial charge in [-0.2, -0.15) is 0 Å². The van der Waals surface area contributed by atoms with E-state index in [0.717, 1.165) is 33.7 Å². The number of nitrogens with zero attached hydrogens (tertiary/aromatic N) is 5. The van der Waals surface area contributed by atoms with Crippen molar-refractivity contribution < 1.29 is 8.91 Å². The maximum atomic E-state index is 13.5. The van der Waals surface area contributed by atoms with Crippen molar-refractivity contribution >= 4 is 11.8 Å². The molecule has 2 aromatic carbocycles. The van der Waals surface area contributed by atoms with Crippen LogP contribution in [0.3, 0.4) is 0 Å². The summed E-state index contributed by atoms with van der Waals surface area (Å²) in [5, 5.41) is 13.7. The molecule has 0 amide bonds. The molecule has 1 atom stereocenters. The predicted molar refractivity (Wildman–Crippen MR) is 115 cm³/mol. The highest BCUT2D eigenvalue weighted by atomic mass is 32.2. The normalized spacial score (nSPS) is 12.4. The second-order valence-electron chi connectivity index (χ2n) is 7.13. The molecular formula is C22H22FN5OS. The van der Waals surface area contributed by atoms with Gasteiger partial charge < -0.3 is 4.52 Å². The third kappa shape index (κ3) is 4.29. The minimum atomic E-state index is -0.278. The summed E-state index contributed by atoms with van der Waals surface area (Å²) in [4.78, 5) is 2.06. The van der Waals surface area contributed by atoms with Crippen LogP contribution in [-0.2, 0) is 5.75 Å². The first-order valence-electron chi connectivity index (χ1n) is 9.54. The summed E-state index contributed by atoms with van der Waals surface area (Å²) in [7, 11) is 3.98. The van der Waals surface area contributed by atoms with Crippen LogP contribution in [0.15, 0.2) is 70.3 Å². The largest absolute Gasteiger partial charge is 0.356 e. The molecule has 0 aliphatic rings. The number of hydrogen-bond donors (Lipinski definition) is 0. The molecule has 6 nitrogen and oxygen atoms in total. The number of rotatable bonds is 7. The first-order chi connectivity index (χ1) is 14.5. The van der Waals surface area contributed by atoms with E-state index in [1.807, 2.05) is 55.1 Å². The van der Waals surface area contributed by atoms with Crippen molar-refractivity contribution in [2.45, 2.75) is 23.9 Å². The van der Waals surface area contributed by atoms with Crippen molar-refractivity contribution in [2.24, 2.45) is 0 Å². The zero-order chi connectivity index (χ0) is 21.1. The van der Waals surface area contributed by atoms with Crippen molar-refractivity contribution in [3.63, 3.8) is 0 Å². The van der Waals surface area contributed by atoms with Crippen molar-refractivity contribution in [3.05, 3.63) is 78.0 Å². The second-order valence-corrected chi connectivity index (χ2v) is 8.07. The molecule has 4 rings (SSSR count). The van der Waals surface area contributed by atoms with Crippen molar-refractivity contribution in [2.75, 3.05) is 14.1 Å². The highest BCUT2D eigenvalue weighted by Gasteiger charge is 2.21. The van der Waals surface area contributed by atoms with Gasteiger partial charge in [0, 0.05) is 23.1 Å². The third-order valence-electron chi connectivity index (χ3n) is 4.86. The summed E-state index contributed by atoms with van der Waals surface area (Å²) < 4.78 is 20.9. The van der Waals surface area contributed by atoms with E-state index < -0.39 is 0 Å². The Morgan fingerprint density at radius 2 is 1.80 bits per heavy atom. The lowest BCUT2D eigenvalue weighted by atomic mass is 10.2.